The molecule has 1 atom stereocenters. The average Bonchev–Trinajstić information content (AvgIpc) is 2.52. The quantitative estimate of drug-likeness (QED) is 0.706. The van der Waals surface area contributed by atoms with Crippen molar-refractivity contribution in [3.63, 3.8) is 0 Å². The van der Waals surface area contributed by atoms with Gasteiger partial charge in [0.1, 0.15) is 0 Å². The fraction of sp³-hybridized carbons (Fsp3) is 0.857. The molecule has 94 valence electrons. The molecular formula is C14H27NS. The Morgan fingerprint density at radius 1 is 1.31 bits per heavy atom. The molecule has 16 heavy (non-hydrogen) atoms. The van der Waals surface area contributed by atoms with Gasteiger partial charge in [-0.1, -0.05) is 38.8 Å². The molecule has 0 aromatic rings. The maximum Gasteiger partial charge on any atom is 0.0370 e. The van der Waals surface area contributed by atoms with Crippen LogP contribution in [0, 0.1) is 0 Å². The Hall–Kier alpha value is 0.0500. The van der Waals surface area contributed by atoms with Crippen LogP contribution in [0.2, 0.25) is 0 Å². The van der Waals surface area contributed by atoms with Crippen LogP contribution >= 0.6 is 11.8 Å². The lowest BCUT2D eigenvalue weighted by Gasteiger charge is -2.21. The first-order chi connectivity index (χ1) is 7.74. The third kappa shape index (κ3) is 5.40. The van der Waals surface area contributed by atoms with Crippen molar-refractivity contribution in [2.75, 3.05) is 12.3 Å². The summed E-state index contributed by atoms with van der Waals surface area (Å²) in [6, 6.07) is 0.621. The van der Waals surface area contributed by atoms with Crippen LogP contribution in [0.25, 0.3) is 0 Å². The zero-order chi connectivity index (χ0) is 11.8. The van der Waals surface area contributed by atoms with Gasteiger partial charge in [-0.2, -0.15) is 11.8 Å². The molecule has 1 rings (SSSR count). The van der Waals surface area contributed by atoms with Gasteiger partial charge >= 0.3 is 0 Å². The van der Waals surface area contributed by atoms with Crippen LogP contribution in [0.3, 0.4) is 0 Å². The number of likely N-dealkylation sites (N-methyl/N-ethyl adjacent to an activating group) is 1. The van der Waals surface area contributed by atoms with Gasteiger partial charge in [-0.05, 0) is 37.5 Å². The summed E-state index contributed by atoms with van der Waals surface area (Å²) in [4.78, 5) is 0. The van der Waals surface area contributed by atoms with Crippen molar-refractivity contribution in [1.29, 1.82) is 0 Å². The van der Waals surface area contributed by atoms with E-state index in [0.29, 0.717) is 6.04 Å². The minimum Gasteiger partial charge on any atom is -0.310 e. The summed E-state index contributed by atoms with van der Waals surface area (Å²) in [5.41, 5.74) is 1.67. The van der Waals surface area contributed by atoms with E-state index in [9.17, 15) is 0 Å². The molecule has 0 saturated carbocycles. The zero-order valence-corrected chi connectivity index (χ0v) is 11.9. The van der Waals surface area contributed by atoms with Crippen molar-refractivity contribution in [3.05, 3.63) is 11.6 Å². The minimum absolute atomic E-state index is 0.621. The molecule has 0 aromatic carbocycles. The van der Waals surface area contributed by atoms with Crippen LogP contribution in [0.15, 0.2) is 11.6 Å². The molecule has 1 aliphatic carbocycles. The molecular weight excluding hydrogens is 214 g/mol. The molecule has 1 N–H and O–H groups in total. The van der Waals surface area contributed by atoms with Crippen molar-refractivity contribution < 1.29 is 0 Å². The number of thioether (sulfide) groups is 1. The predicted molar refractivity (Wildman–Crippen MR) is 76.2 cm³/mol. The van der Waals surface area contributed by atoms with Crippen molar-refractivity contribution in [2.45, 2.75) is 64.2 Å². The molecule has 1 unspecified atom stereocenters. The number of hydrogen-bond acceptors (Lipinski definition) is 2. The lowest BCUT2D eigenvalue weighted by molar-refractivity contribution is 0.607. The van der Waals surface area contributed by atoms with Gasteiger partial charge in [-0.3, -0.25) is 0 Å². The molecule has 0 spiro atoms. The van der Waals surface area contributed by atoms with E-state index >= 15 is 0 Å². The Balaban J connectivity index is 2.49. The van der Waals surface area contributed by atoms with E-state index in [1.807, 2.05) is 0 Å². The topological polar surface area (TPSA) is 12.0 Å². The van der Waals surface area contributed by atoms with Crippen LogP contribution in [0.5, 0.6) is 0 Å². The summed E-state index contributed by atoms with van der Waals surface area (Å²) in [6.07, 6.45) is 9.30. The zero-order valence-electron chi connectivity index (χ0n) is 11.1. The van der Waals surface area contributed by atoms with Gasteiger partial charge in [0.05, 0.1) is 0 Å². The molecule has 1 nitrogen and oxygen atoms in total. The fourth-order valence-corrected chi connectivity index (χ4v) is 3.10. The van der Waals surface area contributed by atoms with Gasteiger partial charge in [0.25, 0.3) is 0 Å². The van der Waals surface area contributed by atoms with Gasteiger partial charge in [0, 0.05) is 11.8 Å². The summed E-state index contributed by atoms with van der Waals surface area (Å²) in [7, 11) is 0. The molecule has 0 amide bonds. The lowest BCUT2D eigenvalue weighted by Crippen LogP contribution is -2.33. The summed E-state index contributed by atoms with van der Waals surface area (Å²) in [6.45, 7) is 7.87. The molecule has 0 bridgehead atoms. The average molecular weight is 241 g/mol. The second-order valence-corrected chi connectivity index (χ2v) is 6.48. The first-order valence-electron chi connectivity index (χ1n) is 6.78. The Morgan fingerprint density at radius 2 is 2.12 bits per heavy atom. The third-order valence-electron chi connectivity index (χ3n) is 3.07. The van der Waals surface area contributed by atoms with Crippen molar-refractivity contribution in [3.8, 4) is 0 Å². The van der Waals surface area contributed by atoms with Crippen molar-refractivity contribution in [1.82, 2.24) is 5.32 Å². The van der Waals surface area contributed by atoms with Gasteiger partial charge in [0.2, 0.25) is 0 Å². The summed E-state index contributed by atoms with van der Waals surface area (Å²) < 4.78 is 0. The SMILES string of the molecule is CCNC(CSC(C)C)C1=CCCCCC1. The second kappa shape index (κ2) is 8.19. The van der Waals surface area contributed by atoms with Gasteiger partial charge < -0.3 is 5.32 Å². The first kappa shape index (κ1) is 14.1. The summed E-state index contributed by atoms with van der Waals surface area (Å²) >= 11 is 2.08. The molecule has 0 radical (unpaired) electrons. The van der Waals surface area contributed by atoms with Gasteiger partial charge in [-0.25, -0.2) is 0 Å². The van der Waals surface area contributed by atoms with E-state index < -0.39 is 0 Å². The van der Waals surface area contributed by atoms with E-state index in [-0.39, 0.29) is 0 Å². The van der Waals surface area contributed by atoms with E-state index in [4.69, 9.17) is 0 Å². The fourth-order valence-electron chi connectivity index (χ4n) is 2.19. The maximum absolute atomic E-state index is 3.65. The minimum atomic E-state index is 0.621. The lowest BCUT2D eigenvalue weighted by atomic mass is 10.0. The van der Waals surface area contributed by atoms with E-state index in [0.717, 1.165) is 11.8 Å². The maximum atomic E-state index is 3.65. The number of nitrogens with one attached hydrogen (secondary N) is 1. The first-order valence-corrected chi connectivity index (χ1v) is 7.82. The Labute approximate surface area is 105 Å². The van der Waals surface area contributed by atoms with Crippen LogP contribution in [-0.2, 0) is 0 Å². The monoisotopic (exact) mass is 241 g/mol. The molecule has 1 aliphatic rings. The molecule has 2 heteroatoms. The van der Waals surface area contributed by atoms with Crippen molar-refractivity contribution in [2.24, 2.45) is 0 Å². The molecule has 0 saturated heterocycles. The highest BCUT2D eigenvalue weighted by Gasteiger charge is 2.15. The van der Waals surface area contributed by atoms with Crippen molar-refractivity contribution >= 4 is 11.8 Å². The summed E-state index contributed by atoms with van der Waals surface area (Å²) in [5, 5.41) is 4.39. The van der Waals surface area contributed by atoms with Crippen LogP contribution < -0.4 is 5.32 Å². The number of hydrogen-bond donors (Lipinski definition) is 1. The van der Waals surface area contributed by atoms with Crippen LogP contribution in [0.4, 0.5) is 0 Å². The van der Waals surface area contributed by atoms with E-state index in [1.54, 1.807) is 5.57 Å². The molecule has 0 aliphatic heterocycles. The molecule has 0 fully saturated rings. The van der Waals surface area contributed by atoms with Crippen LogP contribution in [-0.4, -0.2) is 23.6 Å². The third-order valence-corrected chi connectivity index (χ3v) is 4.26. The highest BCUT2D eigenvalue weighted by atomic mass is 32.2. The Kier molecular flexibility index (Phi) is 7.22. The number of allylic oxidation sites excluding steroid dienone is 1. The largest absolute Gasteiger partial charge is 0.310 e. The standard InChI is InChI=1S/C14H27NS/c1-4-15-14(11-16-12(2)3)13-9-7-5-6-8-10-13/h9,12,14-15H,4-8,10-11H2,1-3H3. The molecule has 0 heterocycles. The number of rotatable bonds is 6. The Morgan fingerprint density at radius 3 is 2.81 bits per heavy atom. The van der Waals surface area contributed by atoms with E-state index in [2.05, 4.69) is 43.9 Å². The van der Waals surface area contributed by atoms with Gasteiger partial charge in [-0.15, -0.1) is 0 Å². The predicted octanol–water partition coefficient (Wildman–Crippen LogP) is 4.00. The highest BCUT2D eigenvalue weighted by Crippen LogP contribution is 2.23. The highest BCUT2D eigenvalue weighted by molar-refractivity contribution is 7.99. The second-order valence-electron chi connectivity index (χ2n) is 4.87. The van der Waals surface area contributed by atoms with E-state index in [1.165, 1.54) is 37.9 Å². The summed E-state index contributed by atoms with van der Waals surface area (Å²) in [5.74, 6) is 1.23. The normalized spacial score (nSPS) is 19.4. The molecule has 0 aromatic heterocycles. The van der Waals surface area contributed by atoms with Gasteiger partial charge in [0.15, 0.2) is 0 Å². The van der Waals surface area contributed by atoms with Crippen LogP contribution in [0.1, 0.15) is 52.9 Å². The smallest absolute Gasteiger partial charge is 0.0370 e. The Bertz CT molecular complexity index is 211.